The van der Waals surface area contributed by atoms with Gasteiger partial charge in [0.05, 0.1) is 12.0 Å². The third kappa shape index (κ3) is 5.51. The normalized spacial score (nSPS) is 25.8. The number of benzene rings is 1. The Morgan fingerprint density at radius 1 is 1.15 bits per heavy atom. The van der Waals surface area contributed by atoms with Gasteiger partial charge in [-0.1, -0.05) is 40.7 Å². The van der Waals surface area contributed by atoms with Crippen LogP contribution in [0, 0.1) is 47.8 Å². The molecule has 1 saturated carbocycles. The van der Waals surface area contributed by atoms with Crippen molar-refractivity contribution in [2.75, 3.05) is 11.9 Å². The summed E-state index contributed by atoms with van der Waals surface area (Å²) in [6.45, 7) is 12.5. The fraction of sp³-hybridized carbons (Fsp3) is 0.621. The third-order valence-electron chi connectivity index (χ3n) is 8.97. The second kappa shape index (κ2) is 10.0. The molecule has 3 N–H and O–H groups in total. The first kappa shape index (κ1) is 30.3. The molecule has 1 saturated heterocycles. The molecule has 1 aromatic carbocycles. The van der Waals surface area contributed by atoms with Gasteiger partial charge in [0.25, 0.3) is 0 Å². The molecule has 222 valence electrons. The maximum absolute atomic E-state index is 13.7. The lowest BCUT2D eigenvalue weighted by Gasteiger charge is -2.37. The highest BCUT2D eigenvalue weighted by molar-refractivity contribution is 6.03. The van der Waals surface area contributed by atoms with Crippen LogP contribution < -0.4 is 16.0 Å². The van der Waals surface area contributed by atoms with Crippen LogP contribution in [-0.4, -0.2) is 59.4 Å². The summed E-state index contributed by atoms with van der Waals surface area (Å²) in [4.78, 5) is 53.1. The molecular formula is C29H36F3N5O4. The number of rotatable bonds is 6. The zero-order valence-electron chi connectivity index (χ0n) is 24.2. The Balaban J connectivity index is 1.55. The molecule has 12 heteroatoms. The molecule has 1 unspecified atom stereocenters. The van der Waals surface area contributed by atoms with E-state index in [4.69, 9.17) is 0 Å². The third-order valence-corrected chi connectivity index (χ3v) is 8.97. The molecule has 0 bridgehead atoms. The Bertz CT molecular complexity index is 1340. The van der Waals surface area contributed by atoms with E-state index in [2.05, 4.69) is 10.6 Å². The Morgan fingerprint density at radius 3 is 2.32 bits per heavy atom. The number of carbonyl (C=O) groups excluding carboxylic acids is 4. The minimum Gasteiger partial charge on any atom is -0.339 e. The maximum atomic E-state index is 13.7. The van der Waals surface area contributed by atoms with Crippen molar-refractivity contribution in [2.45, 2.75) is 85.1 Å². The second-order valence-corrected chi connectivity index (χ2v) is 13.2. The molecule has 6 atom stereocenters. The number of anilines is 1. The number of amides is 4. The van der Waals surface area contributed by atoms with E-state index in [1.54, 1.807) is 0 Å². The van der Waals surface area contributed by atoms with Crippen molar-refractivity contribution >= 4 is 29.3 Å². The quantitative estimate of drug-likeness (QED) is 0.479. The maximum Gasteiger partial charge on any atom is 0.471 e. The minimum atomic E-state index is -5.18. The first-order valence-corrected chi connectivity index (χ1v) is 13.6. The van der Waals surface area contributed by atoms with Gasteiger partial charge in [-0.15, -0.1) is 0 Å². The van der Waals surface area contributed by atoms with Crippen LogP contribution in [0.25, 0.3) is 0 Å². The minimum absolute atomic E-state index is 0.00792. The summed E-state index contributed by atoms with van der Waals surface area (Å²) in [6, 6.07) is 2.16. The standard InChI is InChI=1S/C29H36F3N5O4/c1-13-8-16-17(23(38)35-19(16)9-14(13)2)10-15(11-33)34-24(39)21-20-18(28(20,6)7)12-37(21)25(40)22(27(3,4)5)36-26(41)29(30,31)32/h8-9,15,17-18,20-22H,10,12H2,1-7H3,(H,34,39)(H,35,38)(H,36,41)/t15-,17?,18-,20-,21-,22+/m0/s1. The van der Waals surface area contributed by atoms with E-state index in [1.165, 1.54) is 25.7 Å². The number of likely N-dealkylation sites (tertiary alicyclic amines) is 1. The molecule has 2 fully saturated rings. The summed E-state index contributed by atoms with van der Waals surface area (Å²) in [5.74, 6) is -4.93. The van der Waals surface area contributed by atoms with Gasteiger partial charge in [-0.2, -0.15) is 18.4 Å². The van der Waals surface area contributed by atoms with Gasteiger partial charge in [0.1, 0.15) is 18.1 Å². The molecule has 0 radical (unpaired) electrons. The van der Waals surface area contributed by atoms with Crippen molar-refractivity contribution in [1.82, 2.24) is 15.5 Å². The van der Waals surface area contributed by atoms with Crippen LogP contribution in [0.4, 0.5) is 18.9 Å². The first-order chi connectivity index (χ1) is 18.8. The van der Waals surface area contributed by atoms with E-state index < -0.39 is 53.4 Å². The number of piperidine rings is 1. The van der Waals surface area contributed by atoms with Gasteiger partial charge >= 0.3 is 12.1 Å². The van der Waals surface area contributed by atoms with E-state index in [0.717, 1.165) is 16.7 Å². The number of hydrogen-bond donors (Lipinski definition) is 3. The lowest BCUT2D eigenvalue weighted by Crippen LogP contribution is -2.61. The Hall–Kier alpha value is -3.62. The number of alkyl halides is 3. The SMILES string of the molecule is Cc1cc2c(cc1C)C(C[C@@H](C#N)NC(=O)[C@@H]1[C@@H]3[C@H](CN1C(=O)[C@@H](NC(=O)C(F)(F)F)C(C)(C)C)C3(C)C)C(=O)N2. The van der Waals surface area contributed by atoms with Crippen LogP contribution in [0.1, 0.15) is 63.6 Å². The van der Waals surface area contributed by atoms with Crippen molar-refractivity contribution in [3.8, 4) is 6.07 Å². The lowest BCUT2D eigenvalue weighted by molar-refractivity contribution is -0.176. The van der Waals surface area contributed by atoms with E-state index in [-0.39, 0.29) is 36.1 Å². The van der Waals surface area contributed by atoms with Crippen molar-refractivity contribution in [3.05, 3.63) is 28.8 Å². The largest absolute Gasteiger partial charge is 0.471 e. The van der Waals surface area contributed by atoms with Gasteiger partial charge in [-0.3, -0.25) is 19.2 Å². The number of carbonyl (C=O) groups is 4. The highest BCUT2D eigenvalue weighted by Gasteiger charge is 2.70. The van der Waals surface area contributed by atoms with Crippen molar-refractivity contribution < 1.29 is 32.3 Å². The summed E-state index contributed by atoms with van der Waals surface area (Å²) in [5, 5.41) is 17.2. The summed E-state index contributed by atoms with van der Waals surface area (Å²) >= 11 is 0. The van der Waals surface area contributed by atoms with Crippen LogP contribution in [0.5, 0.6) is 0 Å². The Kier molecular flexibility index (Phi) is 7.42. The summed E-state index contributed by atoms with van der Waals surface area (Å²) in [6.07, 6.45) is -5.17. The van der Waals surface area contributed by atoms with Gasteiger partial charge in [-0.25, -0.2) is 0 Å². The van der Waals surface area contributed by atoms with E-state index in [0.29, 0.717) is 5.69 Å². The summed E-state index contributed by atoms with van der Waals surface area (Å²) in [5.41, 5.74) is 2.00. The van der Waals surface area contributed by atoms with Crippen molar-refractivity contribution in [2.24, 2.45) is 22.7 Å². The highest BCUT2D eigenvalue weighted by Crippen LogP contribution is 2.65. The van der Waals surface area contributed by atoms with Gasteiger partial charge in [0.15, 0.2) is 0 Å². The predicted molar refractivity (Wildman–Crippen MR) is 143 cm³/mol. The number of fused-ring (bicyclic) bond motifs is 2. The van der Waals surface area contributed by atoms with Crippen molar-refractivity contribution in [1.29, 1.82) is 5.26 Å². The van der Waals surface area contributed by atoms with E-state index >= 15 is 0 Å². The monoisotopic (exact) mass is 575 g/mol. The molecule has 0 spiro atoms. The average molecular weight is 576 g/mol. The average Bonchev–Trinajstić information content (AvgIpc) is 3.14. The number of nitriles is 1. The second-order valence-electron chi connectivity index (χ2n) is 13.2. The molecule has 4 amide bonds. The van der Waals surface area contributed by atoms with Gasteiger partial charge in [0.2, 0.25) is 17.7 Å². The van der Waals surface area contributed by atoms with Gasteiger partial charge in [0, 0.05) is 12.2 Å². The van der Waals surface area contributed by atoms with Crippen LogP contribution in [-0.2, 0) is 19.2 Å². The molecular weight excluding hydrogens is 539 g/mol. The molecule has 3 aliphatic rings. The van der Waals surface area contributed by atoms with Crippen LogP contribution in [0.2, 0.25) is 0 Å². The number of nitrogens with zero attached hydrogens (tertiary/aromatic N) is 2. The molecule has 2 aliphatic heterocycles. The first-order valence-electron chi connectivity index (χ1n) is 13.6. The number of nitrogens with one attached hydrogen (secondary N) is 3. The molecule has 2 heterocycles. The molecule has 41 heavy (non-hydrogen) atoms. The van der Waals surface area contributed by atoms with Crippen LogP contribution in [0.3, 0.4) is 0 Å². The van der Waals surface area contributed by atoms with Crippen LogP contribution in [0.15, 0.2) is 12.1 Å². The fourth-order valence-electron chi connectivity index (χ4n) is 6.31. The number of halogens is 3. The van der Waals surface area contributed by atoms with Gasteiger partial charge < -0.3 is 20.9 Å². The highest BCUT2D eigenvalue weighted by atomic mass is 19.4. The Labute approximate surface area is 237 Å². The Morgan fingerprint density at radius 2 is 1.76 bits per heavy atom. The fourth-order valence-corrected chi connectivity index (χ4v) is 6.31. The molecule has 0 aromatic heterocycles. The lowest BCUT2D eigenvalue weighted by atomic mass is 9.85. The van der Waals surface area contributed by atoms with E-state index in [1.807, 2.05) is 51.2 Å². The number of hydrogen-bond acceptors (Lipinski definition) is 5. The number of aryl methyl sites for hydroxylation is 2. The van der Waals surface area contributed by atoms with Crippen LogP contribution >= 0.6 is 0 Å². The summed E-state index contributed by atoms with van der Waals surface area (Å²) < 4.78 is 39.2. The molecule has 9 nitrogen and oxygen atoms in total. The van der Waals surface area contributed by atoms with Gasteiger partial charge in [-0.05, 0) is 65.7 Å². The predicted octanol–water partition coefficient (Wildman–Crippen LogP) is 3.31. The zero-order valence-corrected chi connectivity index (χ0v) is 24.2. The smallest absolute Gasteiger partial charge is 0.339 e. The molecule has 4 rings (SSSR count). The van der Waals surface area contributed by atoms with Crippen molar-refractivity contribution in [3.63, 3.8) is 0 Å². The summed E-state index contributed by atoms with van der Waals surface area (Å²) in [7, 11) is 0. The van der Waals surface area contributed by atoms with E-state index in [9.17, 15) is 37.6 Å². The topological polar surface area (TPSA) is 131 Å². The molecule has 1 aliphatic carbocycles. The zero-order chi connectivity index (χ0) is 30.8. The molecule has 1 aromatic rings.